The van der Waals surface area contributed by atoms with E-state index < -0.39 is 8.60 Å². The predicted octanol–water partition coefficient (Wildman–Crippen LogP) is 0.441. The van der Waals surface area contributed by atoms with Gasteiger partial charge in [0, 0.05) is 0 Å². The van der Waals surface area contributed by atoms with Crippen molar-refractivity contribution in [2.75, 3.05) is 11.5 Å². The maximum Gasteiger partial charge on any atom is 0.391 e. The quantitative estimate of drug-likeness (QED) is 0.398. The van der Waals surface area contributed by atoms with Gasteiger partial charge in [0.25, 0.3) is 0 Å². The number of anilines is 2. The van der Waals surface area contributed by atoms with E-state index in [1.165, 1.54) is 6.07 Å². The fourth-order valence-electron chi connectivity index (χ4n) is 0.729. The third kappa shape index (κ3) is 1.98. The zero-order valence-electron chi connectivity index (χ0n) is 6.14. The van der Waals surface area contributed by atoms with Crippen LogP contribution in [0.15, 0.2) is 18.2 Å². The van der Waals surface area contributed by atoms with Crippen molar-refractivity contribution in [3.05, 3.63) is 18.2 Å². The molecular weight excluding hydrogens is 179 g/mol. The minimum absolute atomic E-state index is 0.186. The van der Waals surface area contributed by atoms with Crippen LogP contribution in [0.4, 0.5) is 11.4 Å². The first-order valence-electron chi connectivity index (χ1n) is 3.11. The molecule has 1 aromatic rings. The molecule has 0 aliphatic heterocycles. The summed E-state index contributed by atoms with van der Waals surface area (Å²) in [4.78, 5) is 17.0. The third-order valence-electron chi connectivity index (χ3n) is 1.28. The molecule has 0 saturated carbocycles. The Kier molecular flexibility index (Phi) is 2.70. The monoisotopic (exact) mass is 188 g/mol. The lowest BCUT2D eigenvalue weighted by Gasteiger charge is -2.08. The molecule has 0 aliphatic rings. The van der Waals surface area contributed by atoms with Crippen LogP contribution in [-0.2, 0) is 0 Å². The second-order valence-electron chi connectivity index (χ2n) is 2.10. The van der Waals surface area contributed by atoms with Crippen LogP contribution in [0, 0.1) is 0 Å². The average molecular weight is 188 g/mol. The maximum absolute atomic E-state index is 8.52. The highest BCUT2D eigenvalue weighted by atomic mass is 31.2. The molecule has 0 spiro atoms. The lowest BCUT2D eigenvalue weighted by Crippen LogP contribution is -1.97. The van der Waals surface area contributed by atoms with E-state index in [0.717, 1.165) is 0 Å². The molecule has 0 saturated heterocycles. The number of hydrogen-bond acceptors (Lipinski definition) is 5. The minimum Gasteiger partial charge on any atom is -0.425 e. The third-order valence-corrected chi connectivity index (χ3v) is 1.64. The van der Waals surface area contributed by atoms with Crippen LogP contribution in [-0.4, -0.2) is 9.79 Å². The molecule has 6 N–H and O–H groups in total. The summed E-state index contributed by atoms with van der Waals surface area (Å²) in [5.74, 6) is 0.186. The van der Waals surface area contributed by atoms with Crippen molar-refractivity contribution in [3.63, 3.8) is 0 Å². The summed E-state index contributed by atoms with van der Waals surface area (Å²) in [5, 5.41) is 0. The molecule has 0 radical (unpaired) electrons. The van der Waals surface area contributed by atoms with E-state index >= 15 is 0 Å². The molecule has 6 heteroatoms. The van der Waals surface area contributed by atoms with Gasteiger partial charge in [0.1, 0.15) is 0 Å². The van der Waals surface area contributed by atoms with Gasteiger partial charge in [-0.1, -0.05) is 6.07 Å². The Hall–Kier alpha value is -1.03. The summed E-state index contributed by atoms with van der Waals surface area (Å²) in [6.45, 7) is 0. The zero-order valence-corrected chi connectivity index (χ0v) is 7.03. The Balaban J connectivity index is 2.92. The number of rotatable bonds is 2. The van der Waals surface area contributed by atoms with Crippen LogP contribution >= 0.6 is 8.60 Å². The molecule has 0 unspecified atom stereocenters. The van der Waals surface area contributed by atoms with Crippen molar-refractivity contribution < 1.29 is 14.3 Å². The Labute approximate surface area is 70.6 Å². The highest BCUT2D eigenvalue weighted by Gasteiger charge is 2.07. The van der Waals surface area contributed by atoms with Crippen LogP contribution in [0.25, 0.3) is 0 Å². The topological polar surface area (TPSA) is 102 Å². The molecule has 12 heavy (non-hydrogen) atoms. The highest BCUT2D eigenvalue weighted by molar-refractivity contribution is 7.39. The molecule has 5 nitrogen and oxygen atoms in total. The number of nitrogen functional groups attached to an aromatic ring is 2. The van der Waals surface area contributed by atoms with E-state index in [4.69, 9.17) is 21.3 Å². The Morgan fingerprint density at radius 3 is 2.50 bits per heavy atom. The van der Waals surface area contributed by atoms with Crippen molar-refractivity contribution in [3.8, 4) is 5.75 Å². The van der Waals surface area contributed by atoms with E-state index in [0.29, 0.717) is 5.69 Å². The SMILES string of the molecule is Nc1cccc(OP(O)O)c1N. The molecular formula is C6H9N2O3P. The van der Waals surface area contributed by atoms with Crippen molar-refractivity contribution in [2.24, 2.45) is 0 Å². The summed E-state index contributed by atoms with van der Waals surface area (Å²) in [6, 6.07) is 4.71. The number of para-hydroxylation sites is 1. The van der Waals surface area contributed by atoms with Crippen LogP contribution in [0.5, 0.6) is 5.75 Å². The van der Waals surface area contributed by atoms with Gasteiger partial charge in [-0.05, 0) is 12.1 Å². The van der Waals surface area contributed by atoms with Crippen LogP contribution in [0.3, 0.4) is 0 Å². The maximum atomic E-state index is 8.52. The zero-order chi connectivity index (χ0) is 9.14. The molecule has 0 fully saturated rings. The van der Waals surface area contributed by atoms with Gasteiger partial charge in [-0.3, -0.25) is 0 Å². The lowest BCUT2D eigenvalue weighted by molar-refractivity contribution is 0.376. The predicted molar refractivity (Wildman–Crippen MR) is 47.3 cm³/mol. The summed E-state index contributed by atoms with van der Waals surface area (Å²) in [7, 11) is -2.44. The van der Waals surface area contributed by atoms with Gasteiger partial charge in [0.05, 0.1) is 11.4 Å². The van der Waals surface area contributed by atoms with Crippen molar-refractivity contribution in [1.82, 2.24) is 0 Å². The molecule has 66 valence electrons. The van der Waals surface area contributed by atoms with Gasteiger partial charge in [-0.2, -0.15) is 0 Å². The number of benzene rings is 1. The molecule has 0 bridgehead atoms. The molecule has 0 aliphatic carbocycles. The fraction of sp³-hybridized carbons (Fsp3) is 0. The van der Waals surface area contributed by atoms with Gasteiger partial charge in [0.2, 0.25) is 0 Å². The van der Waals surface area contributed by atoms with E-state index in [9.17, 15) is 0 Å². The van der Waals surface area contributed by atoms with E-state index in [-0.39, 0.29) is 11.4 Å². The largest absolute Gasteiger partial charge is 0.425 e. The minimum atomic E-state index is -2.44. The Morgan fingerprint density at radius 2 is 1.92 bits per heavy atom. The molecule has 1 rings (SSSR count). The first-order chi connectivity index (χ1) is 5.61. The molecule has 0 amide bonds. The first-order valence-corrected chi connectivity index (χ1v) is 4.27. The molecule has 0 heterocycles. The second-order valence-corrected chi connectivity index (χ2v) is 2.79. The Morgan fingerprint density at radius 1 is 1.25 bits per heavy atom. The van der Waals surface area contributed by atoms with E-state index in [2.05, 4.69) is 4.52 Å². The fourth-order valence-corrected chi connectivity index (χ4v) is 1.06. The highest BCUT2D eigenvalue weighted by Crippen LogP contribution is 2.35. The van der Waals surface area contributed by atoms with E-state index in [1.807, 2.05) is 0 Å². The van der Waals surface area contributed by atoms with E-state index in [1.54, 1.807) is 12.1 Å². The van der Waals surface area contributed by atoms with Crippen molar-refractivity contribution in [1.29, 1.82) is 0 Å². The summed E-state index contributed by atoms with van der Waals surface area (Å²) < 4.78 is 4.60. The first kappa shape index (κ1) is 9.06. The summed E-state index contributed by atoms with van der Waals surface area (Å²) in [6.07, 6.45) is 0. The number of hydrogen-bond donors (Lipinski definition) is 4. The smallest absolute Gasteiger partial charge is 0.391 e. The van der Waals surface area contributed by atoms with Gasteiger partial charge in [0.15, 0.2) is 5.75 Å². The van der Waals surface area contributed by atoms with Crippen LogP contribution in [0.1, 0.15) is 0 Å². The Bertz CT molecular complexity index is 279. The average Bonchev–Trinajstić information content (AvgIpc) is 1.98. The van der Waals surface area contributed by atoms with Gasteiger partial charge >= 0.3 is 8.60 Å². The molecule has 1 aromatic carbocycles. The van der Waals surface area contributed by atoms with Crippen molar-refractivity contribution in [2.45, 2.75) is 0 Å². The van der Waals surface area contributed by atoms with Gasteiger partial charge in [-0.25, -0.2) is 0 Å². The number of nitrogens with two attached hydrogens (primary N) is 2. The summed E-state index contributed by atoms with van der Waals surface area (Å²) >= 11 is 0. The normalized spacial score (nSPS) is 10.2. The molecule has 0 atom stereocenters. The van der Waals surface area contributed by atoms with Crippen LogP contribution in [0.2, 0.25) is 0 Å². The lowest BCUT2D eigenvalue weighted by atomic mass is 10.2. The van der Waals surface area contributed by atoms with Crippen LogP contribution < -0.4 is 16.0 Å². The molecule has 0 aromatic heterocycles. The second kappa shape index (κ2) is 3.58. The van der Waals surface area contributed by atoms with Crippen molar-refractivity contribution >= 4 is 20.0 Å². The van der Waals surface area contributed by atoms with Gasteiger partial charge in [-0.15, -0.1) is 0 Å². The standard InChI is InChI=1S/C6H9N2O3P/c7-4-2-1-3-5(6(4)8)11-12(9)10/h1-3,9-10H,7-8H2. The summed E-state index contributed by atoms with van der Waals surface area (Å²) in [5.41, 5.74) is 11.5. The van der Waals surface area contributed by atoms with Gasteiger partial charge < -0.3 is 25.8 Å².